The molecule has 106 valence electrons. The summed E-state index contributed by atoms with van der Waals surface area (Å²) >= 11 is 1.70. The molecule has 0 fully saturated rings. The Hall–Kier alpha value is -2.05. The lowest BCUT2D eigenvalue weighted by Crippen LogP contribution is -2.30. The third kappa shape index (κ3) is 2.59. The Balaban J connectivity index is 1.54. The summed E-state index contributed by atoms with van der Waals surface area (Å²) < 4.78 is 5.36. The molecule has 3 aromatic heterocycles. The number of thiazole rings is 1. The number of aromatic nitrogens is 3. The molecule has 0 radical (unpaired) electrons. The molecule has 5 nitrogen and oxygen atoms in total. The van der Waals surface area contributed by atoms with Crippen LogP contribution < -0.4 is 0 Å². The van der Waals surface area contributed by atoms with E-state index in [1.54, 1.807) is 17.6 Å². The second kappa shape index (κ2) is 5.38. The number of hydrogen-bond acceptors (Lipinski definition) is 6. The Labute approximate surface area is 126 Å². The SMILES string of the molecule is c1coc(-c2ncc3c(n2)CCN(Cc2nccs2)C3)c1. The van der Waals surface area contributed by atoms with Crippen LogP contribution in [0.15, 0.2) is 40.6 Å². The highest BCUT2D eigenvalue weighted by molar-refractivity contribution is 7.09. The Morgan fingerprint density at radius 3 is 3.14 bits per heavy atom. The molecule has 4 rings (SSSR count). The van der Waals surface area contributed by atoms with Crippen LogP contribution in [0, 0.1) is 0 Å². The highest BCUT2D eigenvalue weighted by Crippen LogP contribution is 2.22. The fourth-order valence-electron chi connectivity index (χ4n) is 2.56. The molecule has 0 N–H and O–H groups in total. The molecule has 21 heavy (non-hydrogen) atoms. The van der Waals surface area contributed by atoms with Crippen molar-refractivity contribution >= 4 is 11.3 Å². The van der Waals surface area contributed by atoms with Crippen molar-refractivity contribution in [1.82, 2.24) is 19.9 Å². The number of nitrogens with zero attached hydrogens (tertiary/aromatic N) is 4. The van der Waals surface area contributed by atoms with Gasteiger partial charge in [0.2, 0.25) is 0 Å². The zero-order chi connectivity index (χ0) is 14.1. The second-order valence-corrected chi connectivity index (χ2v) is 6.01. The molecule has 0 aromatic carbocycles. The van der Waals surface area contributed by atoms with Gasteiger partial charge in [-0.15, -0.1) is 11.3 Å². The molecule has 3 aromatic rings. The highest BCUT2D eigenvalue weighted by atomic mass is 32.1. The van der Waals surface area contributed by atoms with Crippen LogP contribution in [-0.2, 0) is 19.5 Å². The van der Waals surface area contributed by atoms with Gasteiger partial charge in [0.1, 0.15) is 5.01 Å². The molecule has 0 aliphatic carbocycles. The van der Waals surface area contributed by atoms with Gasteiger partial charge >= 0.3 is 0 Å². The highest BCUT2D eigenvalue weighted by Gasteiger charge is 2.19. The first-order chi connectivity index (χ1) is 10.4. The maximum absolute atomic E-state index is 5.36. The van der Waals surface area contributed by atoms with Crippen LogP contribution in [-0.4, -0.2) is 26.4 Å². The predicted molar refractivity (Wildman–Crippen MR) is 79.7 cm³/mol. The number of hydrogen-bond donors (Lipinski definition) is 0. The van der Waals surface area contributed by atoms with E-state index < -0.39 is 0 Å². The van der Waals surface area contributed by atoms with E-state index in [2.05, 4.69) is 19.9 Å². The first-order valence-electron chi connectivity index (χ1n) is 6.88. The van der Waals surface area contributed by atoms with Crippen LogP contribution >= 0.6 is 11.3 Å². The summed E-state index contributed by atoms with van der Waals surface area (Å²) in [6.07, 6.45) is 6.37. The van der Waals surface area contributed by atoms with Crippen LogP contribution in [0.4, 0.5) is 0 Å². The normalized spacial score (nSPS) is 15.0. The maximum atomic E-state index is 5.36. The molecule has 0 saturated heterocycles. The molecule has 0 bridgehead atoms. The first-order valence-corrected chi connectivity index (χ1v) is 7.76. The van der Waals surface area contributed by atoms with Crippen molar-refractivity contribution < 1.29 is 4.42 Å². The van der Waals surface area contributed by atoms with Gasteiger partial charge < -0.3 is 4.42 Å². The second-order valence-electron chi connectivity index (χ2n) is 5.03. The van der Waals surface area contributed by atoms with Gasteiger partial charge in [-0.05, 0) is 12.1 Å². The van der Waals surface area contributed by atoms with Gasteiger partial charge in [-0.3, -0.25) is 4.90 Å². The van der Waals surface area contributed by atoms with Gasteiger partial charge in [0.15, 0.2) is 11.6 Å². The van der Waals surface area contributed by atoms with E-state index in [-0.39, 0.29) is 0 Å². The Morgan fingerprint density at radius 2 is 2.33 bits per heavy atom. The smallest absolute Gasteiger partial charge is 0.195 e. The van der Waals surface area contributed by atoms with Gasteiger partial charge in [0.25, 0.3) is 0 Å². The lowest BCUT2D eigenvalue weighted by Gasteiger charge is -2.27. The van der Waals surface area contributed by atoms with E-state index in [0.717, 1.165) is 42.5 Å². The van der Waals surface area contributed by atoms with E-state index in [4.69, 9.17) is 4.42 Å². The van der Waals surface area contributed by atoms with Crippen molar-refractivity contribution in [2.75, 3.05) is 6.54 Å². The number of fused-ring (bicyclic) bond motifs is 1. The van der Waals surface area contributed by atoms with E-state index in [1.165, 1.54) is 5.56 Å². The zero-order valence-corrected chi connectivity index (χ0v) is 12.2. The van der Waals surface area contributed by atoms with Gasteiger partial charge in [0, 0.05) is 42.8 Å². The lowest BCUT2D eigenvalue weighted by molar-refractivity contribution is 0.242. The Morgan fingerprint density at radius 1 is 1.33 bits per heavy atom. The standard InChI is InChI=1S/C15H14N4OS/c1-2-13(20-6-1)15-17-8-11-9-19(5-3-12(11)18-15)10-14-16-4-7-21-14/h1-2,4,6-8H,3,5,9-10H2. The van der Waals surface area contributed by atoms with Crippen molar-refractivity contribution in [3.05, 3.63) is 52.4 Å². The first kappa shape index (κ1) is 12.7. The summed E-state index contributed by atoms with van der Waals surface area (Å²) in [5.41, 5.74) is 2.33. The van der Waals surface area contributed by atoms with E-state index in [1.807, 2.05) is 29.9 Å². The molecular formula is C15H14N4OS. The minimum absolute atomic E-state index is 0.673. The average Bonchev–Trinajstić information content (AvgIpc) is 3.20. The predicted octanol–water partition coefficient (Wildman–Crippen LogP) is 2.75. The third-order valence-electron chi connectivity index (χ3n) is 3.60. The molecule has 0 amide bonds. The lowest BCUT2D eigenvalue weighted by atomic mass is 10.1. The quantitative estimate of drug-likeness (QED) is 0.744. The monoisotopic (exact) mass is 298 g/mol. The molecule has 0 atom stereocenters. The van der Waals surface area contributed by atoms with Crippen LogP contribution in [0.2, 0.25) is 0 Å². The molecule has 0 unspecified atom stereocenters. The summed E-state index contributed by atoms with van der Waals surface area (Å²) in [5.74, 6) is 1.40. The molecular weight excluding hydrogens is 284 g/mol. The van der Waals surface area contributed by atoms with Crippen LogP contribution in [0.3, 0.4) is 0 Å². The zero-order valence-electron chi connectivity index (χ0n) is 11.4. The fraction of sp³-hybridized carbons (Fsp3) is 0.267. The van der Waals surface area contributed by atoms with Crippen molar-refractivity contribution in [3.8, 4) is 11.6 Å². The Bertz CT molecular complexity index is 724. The van der Waals surface area contributed by atoms with Crippen molar-refractivity contribution in [3.63, 3.8) is 0 Å². The fourth-order valence-corrected chi connectivity index (χ4v) is 3.21. The minimum atomic E-state index is 0.673. The largest absolute Gasteiger partial charge is 0.461 e. The van der Waals surface area contributed by atoms with Gasteiger partial charge in [-0.1, -0.05) is 0 Å². The minimum Gasteiger partial charge on any atom is -0.461 e. The summed E-state index contributed by atoms with van der Waals surface area (Å²) in [6.45, 7) is 2.78. The Kier molecular flexibility index (Phi) is 3.25. The van der Waals surface area contributed by atoms with Gasteiger partial charge in [0.05, 0.1) is 18.5 Å². The van der Waals surface area contributed by atoms with Crippen molar-refractivity contribution in [2.24, 2.45) is 0 Å². The summed E-state index contributed by atoms with van der Waals surface area (Å²) in [5, 5.41) is 3.18. The van der Waals surface area contributed by atoms with Crippen molar-refractivity contribution in [2.45, 2.75) is 19.5 Å². The number of furan rings is 1. The van der Waals surface area contributed by atoms with E-state index in [9.17, 15) is 0 Å². The van der Waals surface area contributed by atoms with Crippen LogP contribution in [0.5, 0.6) is 0 Å². The van der Waals surface area contributed by atoms with Crippen molar-refractivity contribution in [1.29, 1.82) is 0 Å². The average molecular weight is 298 g/mol. The van der Waals surface area contributed by atoms with Crippen LogP contribution in [0.25, 0.3) is 11.6 Å². The summed E-state index contributed by atoms with van der Waals surface area (Å²) in [4.78, 5) is 15.8. The van der Waals surface area contributed by atoms with E-state index in [0.29, 0.717) is 5.82 Å². The molecule has 6 heteroatoms. The molecule has 0 saturated carbocycles. The van der Waals surface area contributed by atoms with Crippen LogP contribution in [0.1, 0.15) is 16.3 Å². The third-order valence-corrected chi connectivity index (χ3v) is 4.36. The number of rotatable bonds is 3. The van der Waals surface area contributed by atoms with Gasteiger partial charge in [-0.25, -0.2) is 15.0 Å². The summed E-state index contributed by atoms with van der Waals surface area (Å²) in [6, 6.07) is 3.74. The van der Waals surface area contributed by atoms with E-state index >= 15 is 0 Å². The molecule has 1 aliphatic heterocycles. The maximum Gasteiger partial charge on any atom is 0.195 e. The molecule has 0 spiro atoms. The van der Waals surface area contributed by atoms with Gasteiger partial charge in [-0.2, -0.15) is 0 Å². The topological polar surface area (TPSA) is 55.1 Å². The summed E-state index contributed by atoms with van der Waals surface area (Å²) in [7, 11) is 0. The molecule has 1 aliphatic rings. The molecule has 4 heterocycles.